The van der Waals surface area contributed by atoms with E-state index in [4.69, 9.17) is 5.11 Å². The van der Waals surface area contributed by atoms with Crippen LogP contribution < -0.4 is 0 Å². The SMILES string of the molecule is CCCCCCCCCCCCCCC(C)(O)C[N+](C)(C)CCCC(=O)O. The highest BCUT2D eigenvalue weighted by Crippen LogP contribution is 2.20. The normalized spacial score (nSPS) is 14.3. The van der Waals surface area contributed by atoms with Crippen molar-refractivity contribution in [1.82, 2.24) is 0 Å². The number of nitrogens with zero attached hydrogens (tertiary/aromatic N) is 1. The van der Waals surface area contributed by atoms with Crippen molar-refractivity contribution >= 4 is 5.97 Å². The summed E-state index contributed by atoms with van der Waals surface area (Å²) in [7, 11) is 4.16. The van der Waals surface area contributed by atoms with E-state index in [1.54, 1.807) is 0 Å². The highest BCUT2D eigenvalue weighted by atomic mass is 16.4. The van der Waals surface area contributed by atoms with Crippen LogP contribution in [0.1, 0.15) is 110 Å². The number of rotatable bonds is 19. The first-order chi connectivity index (χ1) is 12.7. The predicted octanol–water partition coefficient (Wildman–Crippen LogP) is 5.77. The molecule has 0 saturated heterocycles. The van der Waals surface area contributed by atoms with Gasteiger partial charge in [-0.1, -0.05) is 84.0 Å². The van der Waals surface area contributed by atoms with E-state index in [2.05, 4.69) is 21.0 Å². The van der Waals surface area contributed by atoms with Crippen LogP contribution in [0.4, 0.5) is 0 Å². The Morgan fingerprint density at radius 3 is 1.70 bits per heavy atom. The van der Waals surface area contributed by atoms with Gasteiger partial charge >= 0.3 is 5.97 Å². The molecule has 162 valence electrons. The van der Waals surface area contributed by atoms with E-state index in [9.17, 15) is 9.90 Å². The van der Waals surface area contributed by atoms with Crippen molar-refractivity contribution in [3.63, 3.8) is 0 Å². The standard InChI is InChI=1S/C23H47NO3/c1-5-6-7-8-9-10-11-12-13-14-15-16-19-23(2,27)21-24(3,4)20-17-18-22(25)26/h27H,5-21H2,1-4H3/p+1. The molecule has 1 atom stereocenters. The van der Waals surface area contributed by atoms with Gasteiger partial charge in [0.05, 0.1) is 27.1 Å². The summed E-state index contributed by atoms with van der Waals surface area (Å²) >= 11 is 0. The number of hydrogen-bond donors (Lipinski definition) is 2. The Kier molecular flexibility index (Phi) is 15.0. The summed E-state index contributed by atoms with van der Waals surface area (Å²) in [6, 6.07) is 0. The number of hydrogen-bond acceptors (Lipinski definition) is 2. The fourth-order valence-corrected chi connectivity index (χ4v) is 4.09. The van der Waals surface area contributed by atoms with E-state index in [1.807, 2.05) is 6.92 Å². The lowest BCUT2D eigenvalue weighted by atomic mass is 9.96. The van der Waals surface area contributed by atoms with Crippen LogP contribution in [0.5, 0.6) is 0 Å². The van der Waals surface area contributed by atoms with E-state index in [-0.39, 0.29) is 6.42 Å². The molecule has 27 heavy (non-hydrogen) atoms. The number of unbranched alkanes of at least 4 members (excludes halogenated alkanes) is 11. The predicted molar refractivity (Wildman–Crippen MR) is 115 cm³/mol. The van der Waals surface area contributed by atoms with Crippen molar-refractivity contribution in [3.8, 4) is 0 Å². The highest BCUT2D eigenvalue weighted by molar-refractivity contribution is 5.66. The summed E-state index contributed by atoms with van der Waals surface area (Å²) in [5, 5.41) is 19.5. The average molecular weight is 387 g/mol. The molecule has 0 saturated carbocycles. The third-order valence-electron chi connectivity index (χ3n) is 5.49. The van der Waals surface area contributed by atoms with Crippen molar-refractivity contribution in [3.05, 3.63) is 0 Å². The van der Waals surface area contributed by atoms with Crippen LogP contribution in [0, 0.1) is 0 Å². The van der Waals surface area contributed by atoms with Crippen LogP contribution in [0.3, 0.4) is 0 Å². The maximum absolute atomic E-state index is 10.7. The third-order valence-corrected chi connectivity index (χ3v) is 5.49. The Balaban J connectivity index is 3.64. The summed E-state index contributed by atoms with van der Waals surface area (Å²) in [4.78, 5) is 10.7. The summed E-state index contributed by atoms with van der Waals surface area (Å²) in [5.74, 6) is -0.738. The molecule has 4 nitrogen and oxygen atoms in total. The van der Waals surface area contributed by atoms with Gasteiger partial charge in [-0.3, -0.25) is 4.79 Å². The van der Waals surface area contributed by atoms with Crippen LogP contribution in [0.25, 0.3) is 0 Å². The molecule has 0 amide bonds. The Hall–Kier alpha value is -0.610. The maximum atomic E-state index is 10.7. The molecular weight excluding hydrogens is 338 g/mol. The van der Waals surface area contributed by atoms with Crippen molar-refractivity contribution < 1.29 is 19.5 Å². The molecule has 0 aromatic heterocycles. The minimum atomic E-state index is -0.738. The number of likely N-dealkylation sites (N-methyl/N-ethyl adjacent to an activating group) is 1. The minimum absolute atomic E-state index is 0.211. The van der Waals surface area contributed by atoms with Crippen LogP contribution >= 0.6 is 0 Å². The molecule has 0 aromatic rings. The maximum Gasteiger partial charge on any atom is 0.303 e. The second kappa shape index (κ2) is 15.3. The van der Waals surface area contributed by atoms with Gasteiger partial charge in [0, 0.05) is 6.42 Å². The lowest BCUT2D eigenvalue weighted by Crippen LogP contribution is -2.51. The molecule has 0 bridgehead atoms. The molecule has 0 radical (unpaired) electrons. The first kappa shape index (κ1) is 26.4. The zero-order chi connectivity index (χ0) is 20.6. The van der Waals surface area contributed by atoms with E-state index in [0.717, 1.165) is 19.4 Å². The number of aliphatic hydroxyl groups is 1. The summed E-state index contributed by atoms with van der Waals surface area (Å²) in [6.45, 7) is 5.68. The van der Waals surface area contributed by atoms with Crippen LogP contribution in [0.2, 0.25) is 0 Å². The van der Waals surface area contributed by atoms with Gasteiger partial charge in [-0.25, -0.2) is 0 Å². The van der Waals surface area contributed by atoms with Gasteiger partial charge in [-0.15, -0.1) is 0 Å². The molecule has 0 heterocycles. The van der Waals surface area contributed by atoms with Gasteiger partial charge in [0.1, 0.15) is 12.1 Å². The topological polar surface area (TPSA) is 57.5 Å². The lowest BCUT2D eigenvalue weighted by Gasteiger charge is -2.36. The van der Waals surface area contributed by atoms with Gasteiger partial charge in [0.2, 0.25) is 0 Å². The lowest BCUT2D eigenvalue weighted by molar-refractivity contribution is -0.896. The van der Waals surface area contributed by atoms with Crippen molar-refractivity contribution in [2.75, 3.05) is 27.2 Å². The van der Waals surface area contributed by atoms with E-state index in [0.29, 0.717) is 17.4 Å². The molecule has 0 rings (SSSR count). The summed E-state index contributed by atoms with van der Waals surface area (Å²) in [5.41, 5.74) is -0.661. The Morgan fingerprint density at radius 1 is 0.815 bits per heavy atom. The number of carbonyl (C=O) groups is 1. The second-order valence-corrected chi connectivity index (χ2v) is 9.45. The van der Waals surface area contributed by atoms with Gasteiger partial charge in [0.15, 0.2) is 0 Å². The first-order valence-corrected chi connectivity index (χ1v) is 11.4. The van der Waals surface area contributed by atoms with Crippen LogP contribution in [-0.4, -0.2) is 53.5 Å². The van der Waals surface area contributed by atoms with Gasteiger partial charge < -0.3 is 14.7 Å². The zero-order valence-electron chi connectivity index (χ0n) is 18.8. The van der Waals surface area contributed by atoms with Crippen LogP contribution in [0.15, 0.2) is 0 Å². The Labute approximate surface area is 168 Å². The zero-order valence-corrected chi connectivity index (χ0v) is 18.8. The number of quaternary nitrogens is 1. The van der Waals surface area contributed by atoms with Crippen LogP contribution in [-0.2, 0) is 4.79 Å². The second-order valence-electron chi connectivity index (χ2n) is 9.45. The Morgan fingerprint density at radius 2 is 1.26 bits per heavy atom. The van der Waals surface area contributed by atoms with Gasteiger partial charge in [-0.05, 0) is 13.3 Å². The number of carboxylic acid groups (broad SMARTS) is 1. The molecular formula is C23H48NO3+. The average Bonchev–Trinajstić information content (AvgIpc) is 2.54. The number of carboxylic acids is 1. The Bertz CT molecular complexity index is 367. The monoisotopic (exact) mass is 386 g/mol. The summed E-state index contributed by atoms with van der Waals surface area (Å²) < 4.78 is 0.679. The number of aliphatic carboxylic acids is 1. The molecule has 0 aliphatic rings. The molecule has 0 aliphatic carbocycles. The summed E-state index contributed by atoms with van der Waals surface area (Å²) in [6.07, 6.45) is 17.7. The van der Waals surface area contributed by atoms with E-state index in [1.165, 1.54) is 70.6 Å². The molecule has 0 aliphatic heterocycles. The molecule has 2 N–H and O–H groups in total. The molecule has 1 unspecified atom stereocenters. The smallest absolute Gasteiger partial charge is 0.303 e. The fraction of sp³-hybridized carbons (Fsp3) is 0.957. The highest BCUT2D eigenvalue weighted by Gasteiger charge is 2.30. The van der Waals surface area contributed by atoms with Gasteiger partial charge in [-0.2, -0.15) is 0 Å². The molecule has 0 aromatic carbocycles. The van der Waals surface area contributed by atoms with Crippen molar-refractivity contribution in [2.24, 2.45) is 0 Å². The van der Waals surface area contributed by atoms with E-state index < -0.39 is 11.6 Å². The van der Waals surface area contributed by atoms with Crippen molar-refractivity contribution in [1.29, 1.82) is 0 Å². The molecule has 0 spiro atoms. The first-order valence-electron chi connectivity index (χ1n) is 11.4. The third kappa shape index (κ3) is 18.5. The minimum Gasteiger partial charge on any atom is -0.481 e. The van der Waals surface area contributed by atoms with Crippen molar-refractivity contribution in [2.45, 2.75) is 116 Å². The molecule has 4 heteroatoms. The largest absolute Gasteiger partial charge is 0.481 e. The fourth-order valence-electron chi connectivity index (χ4n) is 4.09. The van der Waals surface area contributed by atoms with Gasteiger partial charge in [0.25, 0.3) is 0 Å². The molecule has 0 fully saturated rings. The quantitative estimate of drug-likeness (QED) is 0.219. The van der Waals surface area contributed by atoms with E-state index >= 15 is 0 Å².